The summed E-state index contributed by atoms with van der Waals surface area (Å²) in [6.07, 6.45) is 4.47. The second-order valence-electron chi connectivity index (χ2n) is 6.98. The average molecular weight is 354 g/mol. The van der Waals surface area contributed by atoms with Gasteiger partial charge in [0.05, 0.1) is 26.3 Å². The van der Waals surface area contributed by atoms with Crippen LogP contribution in [0.5, 0.6) is 5.75 Å². The third kappa shape index (κ3) is 3.30. The van der Waals surface area contributed by atoms with Gasteiger partial charge in [-0.25, -0.2) is 0 Å². The van der Waals surface area contributed by atoms with E-state index in [1.165, 1.54) is 6.07 Å². The summed E-state index contributed by atoms with van der Waals surface area (Å²) in [6, 6.07) is 10.3. The van der Waals surface area contributed by atoms with E-state index in [4.69, 9.17) is 9.47 Å². The smallest absolute Gasteiger partial charge is 0.254 e. The lowest BCUT2D eigenvalue weighted by atomic mass is 9.81. The maximum absolute atomic E-state index is 12.5. The van der Waals surface area contributed by atoms with Crippen molar-refractivity contribution >= 4 is 5.91 Å². The van der Waals surface area contributed by atoms with Crippen LogP contribution in [0.25, 0.3) is 0 Å². The summed E-state index contributed by atoms with van der Waals surface area (Å²) >= 11 is 0. The zero-order valence-electron chi connectivity index (χ0n) is 14.5. The Morgan fingerprint density at radius 2 is 2.12 bits per heavy atom. The van der Waals surface area contributed by atoms with Gasteiger partial charge in [-0.1, -0.05) is 6.07 Å². The minimum Gasteiger partial charge on any atom is -0.508 e. The third-order valence-electron chi connectivity index (χ3n) is 5.23. The molecule has 1 unspecified atom stereocenters. The van der Waals surface area contributed by atoms with Crippen LogP contribution in [0.4, 0.5) is 0 Å². The van der Waals surface area contributed by atoms with Gasteiger partial charge in [0, 0.05) is 30.5 Å². The SMILES string of the molecule is O=C(c1cccc(O)c1)N1CC2(C1)OCCC2COCc1ccncc1. The Morgan fingerprint density at radius 3 is 2.88 bits per heavy atom. The van der Waals surface area contributed by atoms with Crippen LogP contribution in [-0.2, 0) is 16.1 Å². The molecule has 1 aromatic heterocycles. The highest BCUT2D eigenvalue weighted by atomic mass is 16.5. The lowest BCUT2D eigenvalue weighted by Crippen LogP contribution is -2.66. The number of nitrogens with zero attached hydrogens (tertiary/aromatic N) is 2. The van der Waals surface area contributed by atoms with Gasteiger partial charge in [-0.05, 0) is 42.3 Å². The Morgan fingerprint density at radius 1 is 1.31 bits per heavy atom. The molecule has 1 amide bonds. The summed E-state index contributed by atoms with van der Waals surface area (Å²) < 4.78 is 11.9. The van der Waals surface area contributed by atoms with Gasteiger partial charge in [0.15, 0.2) is 0 Å². The molecule has 0 bridgehead atoms. The molecule has 136 valence electrons. The molecule has 6 heteroatoms. The van der Waals surface area contributed by atoms with Gasteiger partial charge in [0.1, 0.15) is 11.4 Å². The van der Waals surface area contributed by atoms with Crippen molar-refractivity contribution in [1.29, 1.82) is 0 Å². The molecule has 2 aliphatic rings. The summed E-state index contributed by atoms with van der Waals surface area (Å²) in [5.74, 6) is 0.321. The number of aromatic hydroxyl groups is 1. The number of aromatic nitrogens is 1. The summed E-state index contributed by atoms with van der Waals surface area (Å²) in [7, 11) is 0. The molecule has 0 radical (unpaired) electrons. The number of likely N-dealkylation sites (tertiary alicyclic amines) is 1. The number of pyridine rings is 1. The first-order valence-corrected chi connectivity index (χ1v) is 8.85. The molecule has 0 saturated carbocycles. The Bertz CT molecular complexity index is 774. The lowest BCUT2D eigenvalue weighted by molar-refractivity contribution is -0.129. The molecule has 1 N–H and O–H groups in total. The van der Waals surface area contributed by atoms with Gasteiger partial charge in [0.25, 0.3) is 5.91 Å². The van der Waals surface area contributed by atoms with Crippen LogP contribution in [0.1, 0.15) is 22.3 Å². The van der Waals surface area contributed by atoms with Crippen LogP contribution < -0.4 is 0 Å². The van der Waals surface area contributed by atoms with E-state index in [1.807, 2.05) is 12.1 Å². The Balaban J connectivity index is 1.32. The molecule has 26 heavy (non-hydrogen) atoms. The summed E-state index contributed by atoms with van der Waals surface area (Å²) in [6.45, 7) is 3.03. The number of phenols is 1. The van der Waals surface area contributed by atoms with Gasteiger partial charge in [-0.2, -0.15) is 0 Å². The normalized spacial score (nSPS) is 20.9. The summed E-state index contributed by atoms with van der Waals surface area (Å²) in [5, 5.41) is 9.56. The number of hydrogen-bond acceptors (Lipinski definition) is 5. The molecule has 2 saturated heterocycles. The van der Waals surface area contributed by atoms with Crippen molar-refractivity contribution in [2.45, 2.75) is 18.6 Å². The van der Waals surface area contributed by atoms with Crippen molar-refractivity contribution in [3.8, 4) is 5.75 Å². The van der Waals surface area contributed by atoms with Gasteiger partial charge < -0.3 is 19.5 Å². The van der Waals surface area contributed by atoms with Gasteiger partial charge in [-0.15, -0.1) is 0 Å². The number of benzene rings is 1. The van der Waals surface area contributed by atoms with E-state index in [9.17, 15) is 9.90 Å². The molecule has 2 aromatic rings. The highest BCUT2D eigenvalue weighted by molar-refractivity contribution is 5.95. The van der Waals surface area contributed by atoms with Crippen LogP contribution in [0.2, 0.25) is 0 Å². The number of carbonyl (C=O) groups is 1. The molecule has 2 aliphatic heterocycles. The zero-order valence-corrected chi connectivity index (χ0v) is 14.5. The van der Waals surface area contributed by atoms with Gasteiger partial charge >= 0.3 is 0 Å². The maximum Gasteiger partial charge on any atom is 0.254 e. The quantitative estimate of drug-likeness (QED) is 0.892. The van der Waals surface area contributed by atoms with Crippen molar-refractivity contribution in [1.82, 2.24) is 9.88 Å². The molecule has 0 aliphatic carbocycles. The number of carbonyl (C=O) groups excluding carboxylic acids is 1. The second kappa shape index (κ2) is 7.05. The maximum atomic E-state index is 12.5. The molecule has 4 rings (SSSR count). The Labute approximate surface area is 152 Å². The fourth-order valence-corrected chi connectivity index (χ4v) is 3.73. The predicted molar refractivity (Wildman–Crippen MR) is 94.7 cm³/mol. The van der Waals surface area contributed by atoms with Crippen LogP contribution in [0.15, 0.2) is 48.8 Å². The van der Waals surface area contributed by atoms with E-state index in [0.717, 1.165) is 12.0 Å². The Hall–Kier alpha value is -2.44. The number of amides is 1. The molecule has 3 heterocycles. The highest BCUT2D eigenvalue weighted by Crippen LogP contribution is 2.40. The molecule has 1 atom stereocenters. The fourth-order valence-electron chi connectivity index (χ4n) is 3.73. The lowest BCUT2D eigenvalue weighted by Gasteiger charge is -2.50. The Kier molecular flexibility index (Phi) is 4.61. The minimum atomic E-state index is -0.287. The van der Waals surface area contributed by atoms with E-state index in [1.54, 1.807) is 35.5 Å². The van der Waals surface area contributed by atoms with E-state index >= 15 is 0 Å². The molecule has 1 aromatic carbocycles. The highest BCUT2D eigenvalue weighted by Gasteiger charge is 2.54. The van der Waals surface area contributed by atoms with Crippen LogP contribution >= 0.6 is 0 Å². The van der Waals surface area contributed by atoms with Crippen LogP contribution in [-0.4, -0.2) is 52.8 Å². The first-order chi connectivity index (χ1) is 12.7. The van der Waals surface area contributed by atoms with Crippen LogP contribution in [0, 0.1) is 5.92 Å². The average Bonchev–Trinajstić information content (AvgIpc) is 3.05. The van der Waals surface area contributed by atoms with E-state index in [0.29, 0.717) is 38.5 Å². The number of phenolic OH excluding ortho intramolecular Hbond substituents is 1. The van der Waals surface area contributed by atoms with Crippen molar-refractivity contribution in [2.75, 3.05) is 26.3 Å². The number of ether oxygens (including phenoxy) is 2. The zero-order chi connectivity index (χ0) is 18.0. The molecular weight excluding hydrogens is 332 g/mol. The largest absolute Gasteiger partial charge is 0.508 e. The van der Waals surface area contributed by atoms with E-state index in [2.05, 4.69) is 4.98 Å². The van der Waals surface area contributed by atoms with Crippen molar-refractivity contribution < 1.29 is 19.4 Å². The van der Waals surface area contributed by atoms with E-state index in [-0.39, 0.29) is 23.2 Å². The third-order valence-corrected chi connectivity index (χ3v) is 5.23. The van der Waals surface area contributed by atoms with Crippen molar-refractivity contribution in [2.24, 2.45) is 5.92 Å². The molecule has 1 spiro atoms. The van der Waals surface area contributed by atoms with Crippen LogP contribution in [0.3, 0.4) is 0 Å². The molecular formula is C20H22N2O4. The fraction of sp³-hybridized carbons (Fsp3) is 0.400. The predicted octanol–water partition coefficient (Wildman–Crippen LogP) is 2.24. The summed E-state index contributed by atoms with van der Waals surface area (Å²) in [4.78, 5) is 18.3. The van der Waals surface area contributed by atoms with Crippen molar-refractivity contribution in [3.63, 3.8) is 0 Å². The number of hydrogen-bond donors (Lipinski definition) is 1. The first-order valence-electron chi connectivity index (χ1n) is 8.85. The number of rotatable bonds is 5. The minimum absolute atomic E-state index is 0.0709. The van der Waals surface area contributed by atoms with Gasteiger partial charge in [-0.3, -0.25) is 9.78 Å². The molecule has 6 nitrogen and oxygen atoms in total. The van der Waals surface area contributed by atoms with Crippen molar-refractivity contribution in [3.05, 3.63) is 59.9 Å². The second-order valence-corrected chi connectivity index (χ2v) is 6.98. The monoisotopic (exact) mass is 354 g/mol. The molecule has 2 fully saturated rings. The van der Waals surface area contributed by atoms with E-state index < -0.39 is 0 Å². The topological polar surface area (TPSA) is 71.9 Å². The standard InChI is InChI=1S/C20H22N2O4/c23-18-3-1-2-16(10-18)19(24)22-13-20(14-22)17(6-9-26-20)12-25-11-15-4-7-21-8-5-15/h1-5,7-8,10,17,23H,6,9,11-14H2. The first kappa shape index (κ1) is 17.0. The van der Waals surface area contributed by atoms with Gasteiger partial charge in [0.2, 0.25) is 0 Å². The summed E-state index contributed by atoms with van der Waals surface area (Å²) in [5.41, 5.74) is 1.32.